The molecule has 2 heterocycles. The van der Waals surface area contributed by atoms with Crippen molar-refractivity contribution in [3.63, 3.8) is 0 Å². The van der Waals surface area contributed by atoms with Gasteiger partial charge < -0.3 is 9.73 Å². The minimum atomic E-state index is -0.600. The Bertz CT molecular complexity index is 1300. The van der Waals surface area contributed by atoms with Crippen molar-refractivity contribution >= 4 is 46.3 Å². The van der Waals surface area contributed by atoms with Crippen LogP contribution in [-0.4, -0.2) is 33.4 Å². The van der Waals surface area contributed by atoms with Gasteiger partial charge >= 0.3 is 0 Å². The molecule has 0 atom stereocenters. The maximum atomic E-state index is 12.7. The van der Waals surface area contributed by atoms with Gasteiger partial charge in [0, 0.05) is 29.5 Å². The summed E-state index contributed by atoms with van der Waals surface area (Å²) >= 11 is 0.708. The molecule has 4 rings (SSSR count). The number of nitrogens with one attached hydrogen (secondary N) is 1. The second-order valence-corrected chi connectivity index (χ2v) is 8.18. The SMILES string of the molecule is Cc1ccc(NC(=O)CN2C(=O)S/C(=C/c3ccc(-c4cccc([N+](=O)[O-])c4)o3)C2=O)cc1. The van der Waals surface area contributed by atoms with Crippen LogP contribution in [0, 0.1) is 17.0 Å². The fourth-order valence-electron chi connectivity index (χ4n) is 3.10. The minimum absolute atomic E-state index is 0.0736. The molecule has 166 valence electrons. The average Bonchev–Trinajstić information content (AvgIpc) is 3.36. The van der Waals surface area contributed by atoms with Crippen LogP contribution in [0.5, 0.6) is 0 Å². The number of aryl methyl sites for hydroxylation is 1. The number of amides is 3. The number of nitrogens with zero attached hydrogens (tertiary/aromatic N) is 2. The van der Waals surface area contributed by atoms with E-state index in [9.17, 15) is 24.5 Å². The summed E-state index contributed by atoms with van der Waals surface area (Å²) in [5.74, 6) is -0.418. The Morgan fingerprint density at radius 3 is 2.64 bits per heavy atom. The highest BCUT2D eigenvalue weighted by molar-refractivity contribution is 8.18. The molecular weight excluding hydrogens is 446 g/mol. The normalized spacial score (nSPS) is 14.7. The monoisotopic (exact) mass is 463 g/mol. The average molecular weight is 463 g/mol. The number of nitro groups is 1. The van der Waals surface area contributed by atoms with Gasteiger partial charge in [-0.05, 0) is 43.0 Å². The molecule has 0 saturated carbocycles. The van der Waals surface area contributed by atoms with Gasteiger partial charge in [-0.25, -0.2) is 0 Å². The van der Waals surface area contributed by atoms with Gasteiger partial charge in [-0.3, -0.25) is 29.4 Å². The van der Waals surface area contributed by atoms with Gasteiger partial charge in [-0.1, -0.05) is 29.8 Å². The van der Waals surface area contributed by atoms with Crippen molar-refractivity contribution in [2.24, 2.45) is 0 Å². The summed E-state index contributed by atoms with van der Waals surface area (Å²) in [5.41, 5.74) is 2.04. The Morgan fingerprint density at radius 1 is 1.15 bits per heavy atom. The van der Waals surface area contributed by atoms with E-state index < -0.39 is 28.5 Å². The Labute approximate surface area is 192 Å². The molecule has 1 saturated heterocycles. The van der Waals surface area contributed by atoms with Crippen LogP contribution in [0.4, 0.5) is 16.2 Å². The van der Waals surface area contributed by atoms with Crippen molar-refractivity contribution in [2.45, 2.75) is 6.92 Å². The van der Waals surface area contributed by atoms with E-state index in [-0.39, 0.29) is 10.6 Å². The third kappa shape index (κ3) is 5.01. The first-order chi connectivity index (χ1) is 15.8. The van der Waals surface area contributed by atoms with Crippen LogP contribution in [0.1, 0.15) is 11.3 Å². The molecule has 3 amide bonds. The molecule has 9 nitrogen and oxygen atoms in total. The summed E-state index contributed by atoms with van der Waals surface area (Å²) in [6.07, 6.45) is 1.41. The van der Waals surface area contributed by atoms with E-state index in [1.54, 1.807) is 36.4 Å². The van der Waals surface area contributed by atoms with Crippen LogP contribution in [0.25, 0.3) is 17.4 Å². The molecule has 0 spiro atoms. The molecule has 0 radical (unpaired) electrons. The van der Waals surface area contributed by atoms with E-state index in [4.69, 9.17) is 4.42 Å². The van der Waals surface area contributed by atoms with Gasteiger partial charge in [0.25, 0.3) is 16.8 Å². The van der Waals surface area contributed by atoms with E-state index >= 15 is 0 Å². The molecule has 1 fully saturated rings. The summed E-state index contributed by atoms with van der Waals surface area (Å²) in [6, 6.07) is 16.3. The van der Waals surface area contributed by atoms with Crippen molar-refractivity contribution < 1.29 is 23.7 Å². The number of hydrogen-bond acceptors (Lipinski definition) is 7. The fraction of sp³-hybridized carbons (Fsp3) is 0.0870. The lowest BCUT2D eigenvalue weighted by atomic mass is 10.1. The number of rotatable bonds is 6. The standard InChI is InChI=1S/C23H17N3O6S/c1-14-5-7-16(8-6-14)24-21(27)13-25-22(28)20(33-23(25)29)12-18-9-10-19(32-18)15-3-2-4-17(11-15)26(30)31/h2-12H,13H2,1H3,(H,24,27)/b20-12+. The molecule has 0 bridgehead atoms. The van der Waals surface area contributed by atoms with Crippen molar-refractivity contribution in [3.8, 4) is 11.3 Å². The second-order valence-electron chi connectivity index (χ2n) is 7.19. The van der Waals surface area contributed by atoms with Crippen molar-refractivity contribution in [3.05, 3.63) is 87.0 Å². The first-order valence-electron chi connectivity index (χ1n) is 9.77. The lowest BCUT2D eigenvalue weighted by Gasteiger charge is -2.12. The van der Waals surface area contributed by atoms with E-state index in [1.807, 2.05) is 19.1 Å². The number of carbonyl (C=O) groups excluding carboxylic acids is 3. The lowest BCUT2D eigenvalue weighted by molar-refractivity contribution is -0.384. The molecule has 0 unspecified atom stereocenters. The van der Waals surface area contributed by atoms with Gasteiger partial charge in [0.05, 0.1) is 9.83 Å². The number of hydrogen-bond donors (Lipinski definition) is 1. The maximum absolute atomic E-state index is 12.7. The van der Waals surface area contributed by atoms with Gasteiger partial charge in [0.1, 0.15) is 18.1 Å². The highest BCUT2D eigenvalue weighted by Crippen LogP contribution is 2.33. The smallest absolute Gasteiger partial charge is 0.294 e. The molecular formula is C23H17N3O6S. The Balaban J connectivity index is 1.45. The minimum Gasteiger partial charge on any atom is -0.457 e. The number of benzene rings is 2. The maximum Gasteiger partial charge on any atom is 0.294 e. The van der Waals surface area contributed by atoms with Crippen LogP contribution in [0.15, 0.2) is 70.0 Å². The van der Waals surface area contributed by atoms with Crippen LogP contribution in [0.3, 0.4) is 0 Å². The number of furan rings is 1. The highest BCUT2D eigenvalue weighted by Gasteiger charge is 2.36. The summed E-state index contributed by atoms with van der Waals surface area (Å²) < 4.78 is 5.68. The second kappa shape index (κ2) is 9.13. The van der Waals surface area contributed by atoms with Gasteiger partial charge in [-0.15, -0.1) is 0 Å². The first kappa shape index (κ1) is 22.0. The summed E-state index contributed by atoms with van der Waals surface area (Å²) in [6.45, 7) is 1.51. The number of carbonyl (C=O) groups is 3. The quantitative estimate of drug-likeness (QED) is 0.315. The van der Waals surface area contributed by atoms with Gasteiger partial charge in [-0.2, -0.15) is 0 Å². The van der Waals surface area contributed by atoms with Gasteiger partial charge in [0.2, 0.25) is 5.91 Å². The zero-order valence-electron chi connectivity index (χ0n) is 17.3. The summed E-state index contributed by atoms with van der Waals surface area (Å²) in [4.78, 5) is 48.7. The Morgan fingerprint density at radius 2 is 1.91 bits per heavy atom. The van der Waals surface area contributed by atoms with Crippen LogP contribution in [0.2, 0.25) is 0 Å². The zero-order valence-corrected chi connectivity index (χ0v) is 18.1. The first-order valence-corrected chi connectivity index (χ1v) is 10.6. The molecule has 1 aliphatic heterocycles. The third-order valence-electron chi connectivity index (χ3n) is 4.75. The van der Waals surface area contributed by atoms with E-state index in [2.05, 4.69) is 5.32 Å². The lowest BCUT2D eigenvalue weighted by Crippen LogP contribution is -2.36. The molecule has 33 heavy (non-hydrogen) atoms. The molecule has 0 aliphatic carbocycles. The van der Waals surface area contributed by atoms with Crippen LogP contribution < -0.4 is 5.32 Å². The number of non-ortho nitro benzene ring substituents is 1. The molecule has 1 aromatic heterocycles. The fourth-order valence-corrected chi connectivity index (χ4v) is 3.92. The molecule has 1 N–H and O–H groups in total. The number of imide groups is 1. The summed E-state index contributed by atoms with van der Waals surface area (Å²) in [5, 5.41) is 13.1. The number of anilines is 1. The zero-order chi connectivity index (χ0) is 23.5. The van der Waals surface area contributed by atoms with E-state index in [0.29, 0.717) is 34.5 Å². The van der Waals surface area contributed by atoms with Gasteiger partial charge in [0.15, 0.2) is 0 Å². The summed E-state index contributed by atoms with van der Waals surface area (Å²) in [7, 11) is 0. The Hall–Kier alpha value is -4.18. The topological polar surface area (TPSA) is 123 Å². The predicted molar refractivity (Wildman–Crippen MR) is 123 cm³/mol. The molecule has 1 aliphatic rings. The number of nitro benzene ring substituents is 1. The van der Waals surface area contributed by atoms with Crippen molar-refractivity contribution in [1.29, 1.82) is 0 Å². The van der Waals surface area contributed by atoms with Crippen LogP contribution in [-0.2, 0) is 9.59 Å². The van der Waals surface area contributed by atoms with Crippen LogP contribution >= 0.6 is 11.8 Å². The molecule has 10 heteroatoms. The molecule has 2 aromatic carbocycles. The Kier molecular flexibility index (Phi) is 6.09. The number of thioether (sulfide) groups is 1. The highest BCUT2D eigenvalue weighted by atomic mass is 32.2. The van der Waals surface area contributed by atoms with Crippen molar-refractivity contribution in [2.75, 3.05) is 11.9 Å². The largest absolute Gasteiger partial charge is 0.457 e. The molecule has 3 aromatic rings. The van der Waals surface area contributed by atoms with Crippen molar-refractivity contribution in [1.82, 2.24) is 4.90 Å². The predicted octanol–water partition coefficient (Wildman–Crippen LogP) is 4.84. The van der Waals surface area contributed by atoms with E-state index in [0.717, 1.165) is 10.5 Å². The third-order valence-corrected chi connectivity index (χ3v) is 5.66. The van der Waals surface area contributed by atoms with E-state index in [1.165, 1.54) is 18.2 Å².